The van der Waals surface area contributed by atoms with E-state index in [0.29, 0.717) is 10.5 Å². The molecule has 3 atom stereocenters. The summed E-state index contributed by atoms with van der Waals surface area (Å²) in [5, 5.41) is 21.6. The first kappa shape index (κ1) is 18.8. The maximum atomic E-state index is 12.2. The van der Waals surface area contributed by atoms with Gasteiger partial charge in [0.2, 0.25) is 0 Å². The van der Waals surface area contributed by atoms with Crippen molar-refractivity contribution < 1.29 is 24.0 Å². The van der Waals surface area contributed by atoms with Crippen molar-refractivity contribution in [2.75, 3.05) is 5.75 Å². The Bertz CT molecular complexity index is 736. The number of rotatable bonds is 8. The normalized spacial score (nSPS) is 14.3. The van der Waals surface area contributed by atoms with Crippen LogP contribution in [-0.4, -0.2) is 38.1 Å². The smallest absolute Gasteiger partial charge is 0.326 e. The van der Waals surface area contributed by atoms with Gasteiger partial charge in [-0.05, 0) is 24.1 Å². The lowest BCUT2D eigenvalue weighted by Crippen LogP contribution is -2.43. The fourth-order valence-corrected chi connectivity index (χ4v) is 3.36. The second kappa shape index (κ2) is 9.10. The molecule has 2 aromatic rings. The van der Waals surface area contributed by atoms with Gasteiger partial charge in [-0.1, -0.05) is 48.5 Å². The first-order valence-electron chi connectivity index (χ1n) is 7.68. The third kappa shape index (κ3) is 5.51. The Balaban J connectivity index is 1.95. The van der Waals surface area contributed by atoms with E-state index in [0.717, 1.165) is 0 Å². The van der Waals surface area contributed by atoms with Gasteiger partial charge in [-0.15, -0.1) is 0 Å². The molecular formula is C18H19NO5S. The van der Waals surface area contributed by atoms with Crippen molar-refractivity contribution in [3.63, 3.8) is 0 Å². The molecule has 132 valence electrons. The van der Waals surface area contributed by atoms with Crippen molar-refractivity contribution in [3.05, 3.63) is 66.2 Å². The standard InChI is InChI=1S/C18H19NO5S/c20-16(13-7-3-1-4-8-13)17(21)19-15(18(22)23)11-12-25(24)14-9-5-2-6-10-14/h1-10,15-16,20H,11-12H2,(H,19,21)(H,22,23)/t15-,16+,25+/m1/s1. The summed E-state index contributed by atoms with van der Waals surface area (Å²) < 4.78 is 12.2. The second-order valence-electron chi connectivity index (χ2n) is 5.36. The van der Waals surface area contributed by atoms with Gasteiger partial charge in [0, 0.05) is 10.6 Å². The van der Waals surface area contributed by atoms with Gasteiger partial charge >= 0.3 is 5.97 Å². The molecule has 6 nitrogen and oxygen atoms in total. The van der Waals surface area contributed by atoms with Crippen LogP contribution in [0.2, 0.25) is 0 Å². The minimum absolute atomic E-state index is 0.00983. The summed E-state index contributed by atoms with van der Waals surface area (Å²) in [5.41, 5.74) is 0.372. The number of carboxylic acid groups (broad SMARTS) is 1. The van der Waals surface area contributed by atoms with E-state index in [1.807, 2.05) is 0 Å². The van der Waals surface area contributed by atoms with Crippen LogP contribution >= 0.6 is 0 Å². The van der Waals surface area contributed by atoms with E-state index in [4.69, 9.17) is 0 Å². The van der Waals surface area contributed by atoms with E-state index in [-0.39, 0.29) is 12.2 Å². The van der Waals surface area contributed by atoms with E-state index in [2.05, 4.69) is 5.32 Å². The Hall–Kier alpha value is -2.51. The predicted molar refractivity (Wildman–Crippen MR) is 93.3 cm³/mol. The zero-order valence-electron chi connectivity index (χ0n) is 13.4. The number of aliphatic hydroxyl groups is 1. The van der Waals surface area contributed by atoms with Crippen LogP contribution in [0.3, 0.4) is 0 Å². The van der Waals surface area contributed by atoms with E-state index in [1.165, 1.54) is 0 Å². The molecule has 0 saturated carbocycles. The summed E-state index contributed by atoms with van der Waals surface area (Å²) in [6.45, 7) is 0. The number of carboxylic acids is 1. The SMILES string of the molecule is O=C(N[C@H](CC[S@](=O)c1ccccc1)C(=O)O)[C@@H](O)c1ccccc1. The number of nitrogens with one attached hydrogen (secondary N) is 1. The highest BCUT2D eigenvalue weighted by atomic mass is 32.2. The number of aliphatic hydroxyl groups excluding tert-OH is 1. The van der Waals surface area contributed by atoms with Gasteiger partial charge in [0.25, 0.3) is 5.91 Å². The number of hydrogen-bond acceptors (Lipinski definition) is 4. The third-order valence-corrected chi connectivity index (χ3v) is 4.98. The highest BCUT2D eigenvalue weighted by Gasteiger charge is 2.25. The average molecular weight is 361 g/mol. The fraction of sp³-hybridized carbons (Fsp3) is 0.222. The van der Waals surface area contributed by atoms with E-state index < -0.39 is 34.8 Å². The lowest BCUT2D eigenvalue weighted by Gasteiger charge is -2.17. The van der Waals surface area contributed by atoms with Crippen molar-refractivity contribution in [2.24, 2.45) is 0 Å². The summed E-state index contributed by atoms with van der Waals surface area (Å²) in [5.74, 6) is -1.95. The minimum atomic E-state index is -1.46. The topological polar surface area (TPSA) is 104 Å². The second-order valence-corrected chi connectivity index (χ2v) is 6.93. The number of aliphatic carboxylic acids is 1. The lowest BCUT2D eigenvalue weighted by molar-refractivity contribution is -0.143. The minimum Gasteiger partial charge on any atom is -0.480 e. The van der Waals surface area contributed by atoms with Crippen molar-refractivity contribution >= 4 is 22.7 Å². The van der Waals surface area contributed by atoms with E-state index >= 15 is 0 Å². The molecule has 0 aliphatic heterocycles. The van der Waals surface area contributed by atoms with Gasteiger partial charge in [-0.2, -0.15) is 0 Å². The molecule has 3 N–H and O–H groups in total. The molecule has 0 saturated heterocycles. The highest BCUT2D eigenvalue weighted by Crippen LogP contribution is 2.13. The molecule has 7 heteroatoms. The fourth-order valence-electron chi connectivity index (χ4n) is 2.21. The number of carbonyl (C=O) groups excluding carboxylic acids is 1. The maximum absolute atomic E-state index is 12.2. The molecule has 1 amide bonds. The van der Waals surface area contributed by atoms with Crippen LogP contribution < -0.4 is 5.32 Å². The van der Waals surface area contributed by atoms with Gasteiger partial charge in [0.05, 0.1) is 10.8 Å². The van der Waals surface area contributed by atoms with Crippen LogP contribution in [0.25, 0.3) is 0 Å². The Morgan fingerprint density at radius 3 is 2.12 bits per heavy atom. The van der Waals surface area contributed by atoms with Gasteiger partial charge in [0.15, 0.2) is 6.10 Å². The van der Waals surface area contributed by atoms with Crippen molar-refractivity contribution in [2.45, 2.75) is 23.5 Å². The van der Waals surface area contributed by atoms with Gasteiger partial charge in [0.1, 0.15) is 6.04 Å². The molecule has 0 radical (unpaired) electrons. The summed E-state index contributed by atoms with van der Waals surface area (Å²) >= 11 is 0. The molecular weight excluding hydrogens is 342 g/mol. The first-order valence-corrected chi connectivity index (χ1v) is 9.00. The van der Waals surface area contributed by atoms with Crippen LogP contribution in [-0.2, 0) is 20.4 Å². The van der Waals surface area contributed by atoms with Gasteiger partial charge < -0.3 is 15.5 Å². The summed E-state index contributed by atoms with van der Waals surface area (Å²) in [4.78, 5) is 24.0. The quantitative estimate of drug-likeness (QED) is 0.661. The maximum Gasteiger partial charge on any atom is 0.326 e. The number of carbonyl (C=O) groups is 2. The summed E-state index contributed by atoms with van der Waals surface area (Å²) in [7, 11) is -1.36. The van der Waals surface area contributed by atoms with Crippen molar-refractivity contribution in [1.82, 2.24) is 5.32 Å². The van der Waals surface area contributed by atoms with E-state index in [1.54, 1.807) is 60.7 Å². The predicted octanol–water partition coefficient (Wildman–Crippen LogP) is 1.49. The van der Waals surface area contributed by atoms with Crippen LogP contribution in [0.1, 0.15) is 18.1 Å². The Labute approximate surface area is 148 Å². The zero-order valence-corrected chi connectivity index (χ0v) is 14.2. The molecule has 0 aromatic heterocycles. The van der Waals surface area contributed by atoms with Gasteiger partial charge in [-0.25, -0.2) is 4.79 Å². The average Bonchev–Trinajstić information content (AvgIpc) is 2.65. The number of hydrogen-bond donors (Lipinski definition) is 3. The molecule has 0 aliphatic carbocycles. The molecule has 0 heterocycles. The molecule has 2 aromatic carbocycles. The molecule has 2 rings (SSSR count). The molecule has 0 spiro atoms. The Morgan fingerprint density at radius 2 is 1.56 bits per heavy atom. The van der Waals surface area contributed by atoms with Crippen LogP contribution in [0.15, 0.2) is 65.6 Å². The Morgan fingerprint density at radius 1 is 1.00 bits per heavy atom. The molecule has 0 bridgehead atoms. The van der Waals surface area contributed by atoms with Crippen LogP contribution in [0.4, 0.5) is 0 Å². The van der Waals surface area contributed by atoms with Crippen LogP contribution in [0.5, 0.6) is 0 Å². The number of amides is 1. The molecule has 0 unspecified atom stereocenters. The highest BCUT2D eigenvalue weighted by molar-refractivity contribution is 7.85. The zero-order chi connectivity index (χ0) is 18.2. The van der Waals surface area contributed by atoms with Crippen molar-refractivity contribution in [1.29, 1.82) is 0 Å². The lowest BCUT2D eigenvalue weighted by atomic mass is 10.1. The monoisotopic (exact) mass is 361 g/mol. The largest absolute Gasteiger partial charge is 0.480 e. The molecule has 25 heavy (non-hydrogen) atoms. The van der Waals surface area contributed by atoms with E-state index in [9.17, 15) is 24.0 Å². The number of benzene rings is 2. The Kier molecular flexibility index (Phi) is 6.85. The molecule has 0 fully saturated rings. The summed E-state index contributed by atoms with van der Waals surface area (Å²) in [6, 6.07) is 15.7. The first-order chi connectivity index (χ1) is 12.0. The van der Waals surface area contributed by atoms with Crippen LogP contribution in [0, 0.1) is 0 Å². The molecule has 0 aliphatic rings. The van der Waals surface area contributed by atoms with Crippen molar-refractivity contribution in [3.8, 4) is 0 Å². The summed E-state index contributed by atoms with van der Waals surface area (Å²) in [6.07, 6.45) is -1.47. The third-order valence-electron chi connectivity index (χ3n) is 3.58. The van der Waals surface area contributed by atoms with Gasteiger partial charge in [-0.3, -0.25) is 9.00 Å².